The minimum absolute atomic E-state index is 0.0214. The van der Waals surface area contributed by atoms with E-state index in [2.05, 4.69) is 57.7 Å². The van der Waals surface area contributed by atoms with Crippen molar-refractivity contribution in [1.82, 2.24) is 29.8 Å². The zero-order chi connectivity index (χ0) is 36.6. The van der Waals surface area contributed by atoms with E-state index in [9.17, 15) is 10.1 Å². The van der Waals surface area contributed by atoms with Crippen LogP contribution >= 0.6 is 34.8 Å². The highest BCUT2D eigenvalue weighted by molar-refractivity contribution is 6.42. The molecule has 10 nitrogen and oxygen atoms in total. The topological polar surface area (TPSA) is 115 Å². The van der Waals surface area contributed by atoms with Gasteiger partial charge in [0.15, 0.2) is 5.82 Å². The number of nitrogens with one attached hydrogen (secondary N) is 2. The van der Waals surface area contributed by atoms with Crippen molar-refractivity contribution >= 4 is 68.7 Å². The lowest BCUT2D eigenvalue weighted by Crippen LogP contribution is -2.46. The monoisotopic (exact) mass is 747 g/mol. The molecule has 2 aromatic heterocycles. The lowest BCUT2D eigenvalue weighted by molar-refractivity contribution is 0.0827. The lowest BCUT2D eigenvalue weighted by atomic mass is 9.98. The van der Waals surface area contributed by atoms with Crippen LogP contribution in [0.2, 0.25) is 15.1 Å². The number of rotatable bonds is 8. The number of aromatic nitrogens is 4. The fourth-order valence-electron chi connectivity index (χ4n) is 6.35. The van der Waals surface area contributed by atoms with E-state index in [1.165, 1.54) is 23.2 Å². The normalized spacial score (nSPS) is 14.7. The fourth-order valence-corrected chi connectivity index (χ4v) is 6.88. The van der Waals surface area contributed by atoms with Gasteiger partial charge >= 0.3 is 0 Å². The third kappa shape index (κ3) is 7.60. The fraction of sp³-hybridized carbons (Fsp3) is 0.324. The summed E-state index contributed by atoms with van der Waals surface area (Å²) in [5, 5.41) is 26.4. The number of benzene rings is 3. The number of carbonyl (C=O) groups is 1. The van der Waals surface area contributed by atoms with Crippen molar-refractivity contribution in [2.75, 3.05) is 37.8 Å². The maximum absolute atomic E-state index is 15.2. The van der Waals surface area contributed by atoms with Crippen molar-refractivity contribution in [3.8, 4) is 6.07 Å². The Morgan fingerprint density at radius 2 is 1.82 bits per heavy atom. The van der Waals surface area contributed by atoms with Gasteiger partial charge in [0.25, 0.3) is 5.91 Å². The molecule has 51 heavy (non-hydrogen) atoms. The van der Waals surface area contributed by atoms with Crippen LogP contribution < -0.4 is 10.6 Å². The SMILES string of the molecule is CN(C)C(=O)c1cccc([C@H](Nc2cc(Cl)cc3c(Nc4ccc(Cl)c(Cl)c4F)c(C#N)cnc23)c2cn(C3CCN(C(C)(C)C)CC3)nn2)c1. The summed E-state index contributed by atoms with van der Waals surface area (Å²) in [4.78, 5) is 21.7. The molecule has 2 N–H and O–H groups in total. The third-order valence-electron chi connectivity index (χ3n) is 9.14. The number of carbonyl (C=O) groups excluding carboxylic acids is 1. The first-order valence-electron chi connectivity index (χ1n) is 16.4. The van der Waals surface area contributed by atoms with Gasteiger partial charge in [0.2, 0.25) is 0 Å². The molecular weight excluding hydrogens is 712 g/mol. The Kier molecular flexibility index (Phi) is 10.4. The molecule has 1 aliphatic rings. The van der Waals surface area contributed by atoms with Crippen molar-refractivity contribution in [3.05, 3.63) is 104 Å². The molecule has 5 aromatic rings. The molecule has 0 saturated carbocycles. The second kappa shape index (κ2) is 14.6. The number of fused-ring (bicyclic) bond motifs is 1. The van der Waals surface area contributed by atoms with E-state index >= 15 is 4.39 Å². The molecule has 0 bridgehead atoms. The number of anilines is 3. The Bertz CT molecular complexity index is 2150. The minimum Gasteiger partial charge on any atom is -0.371 e. The van der Waals surface area contributed by atoms with Crippen molar-refractivity contribution in [3.63, 3.8) is 0 Å². The number of nitriles is 1. The summed E-state index contributed by atoms with van der Waals surface area (Å²) in [5.74, 6) is -0.910. The van der Waals surface area contributed by atoms with Crippen molar-refractivity contribution in [2.24, 2.45) is 0 Å². The molecule has 0 radical (unpaired) electrons. The molecule has 3 heterocycles. The first-order chi connectivity index (χ1) is 24.2. The zero-order valence-corrected chi connectivity index (χ0v) is 31.1. The van der Waals surface area contributed by atoms with Gasteiger partial charge in [-0.3, -0.25) is 14.7 Å². The molecule has 14 heteroatoms. The number of amides is 1. The van der Waals surface area contributed by atoms with Crippen LogP contribution in [0.25, 0.3) is 10.9 Å². The lowest BCUT2D eigenvalue weighted by Gasteiger charge is -2.40. The van der Waals surface area contributed by atoms with Gasteiger partial charge in [0.05, 0.1) is 56.5 Å². The molecule has 1 atom stereocenters. The van der Waals surface area contributed by atoms with E-state index in [-0.39, 0.29) is 44.5 Å². The number of hydrogen-bond donors (Lipinski definition) is 2. The van der Waals surface area contributed by atoms with E-state index in [0.29, 0.717) is 32.9 Å². The molecule has 3 aromatic carbocycles. The van der Waals surface area contributed by atoms with Gasteiger partial charge in [-0.2, -0.15) is 5.26 Å². The average molecular weight is 749 g/mol. The molecule has 0 spiro atoms. The maximum Gasteiger partial charge on any atom is 0.253 e. The molecule has 0 aliphatic carbocycles. The van der Waals surface area contributed by atoms with Gasteiger partial charge < -0.3 is 15.5 Å². The van der Waals surface area contributed by atoms with E-state index in [1.807, 2.05) is 29.1 Å². The van der Waals surface area contributed by atoms with Gasteiger partial charge in [-0.15, -0.1) is 5.10 Å². The first kappa shape index (κ1) is 36.3. The Morgan fingerprint density at radius 1 is 1.08 bits per heavy atom. The van der Waals surface area contributed by atoms with Crippen LogP contribution in [0.15, 0.2) is 60.9 Å². The molecule has 1 aliphatic heterocycles. The number of likely N-dealkylation sites (tertiary alicyclic amines) is 1. The second-order valence-corrected chi connectivity index (χ2v) is 15.0. The summed E-state index contributed by atoms with van der Waals surface area (Å²) in [5.41, 5.74) is 3.42. The summed E-state index contributed by atoms with van der Waals surface area (Å²) < 4.78 is 17.1. The van der Waals surface area contributed by atoms with Crippen molar-refractivity contribution in [1.29, 1.82) is 5.26 Å². The van der Waals surface area contributed by atoms with Crippen LogP contribution in [0.1, 0.15) is 72.9 Å². The Balaban J connectivity index is 1.43. The smallest absolute Gasteiger partial charge is 0.253 e. The molecule has 1 saturated heterocycles. The summed E-state index contributed by atoms with van der Waals surface area (Å²) in [6.07, 6.45) is 5.23. The van der Waals surface area contributed by atoms with Gasteiger partial charge in [-0.25, -0.2) is 9.07 Å². The summed E-state index contributed by atoms with van der Waals surface area (Å²) in [7, 11) is 3.41. The van der Waals surface area contributed by atoms with Crippen molar-refractivity contribution < 1.29 is 9.18 Å². The van der Waals surface area contributed by atoms with Crippen LogP contribution in [0.3, 0.4) is 0 Å². The molecule has 6 rings (SSSR count). The van der Waals surface area contributed by atoms with Crippen molar-refractivity contribution in [2.45, 2.75) is 51.2 Å². The maximum atomic E-state index is 15.2. The van der Waals surface area contributed by atoms with Crippen LogP contribution in [0.4, 0.5) is 21.5 Å². The highest BCUT2D eigenvalue weighted by Crippen LogP contribution is 2.39. The van der Waals surface area contributed by atoms with E-state index in [4.69, 9.17) is 34.8 Å². The zero-order valence-electron chi connectivity index (χ0n) is 28.8. The van der Waals surface area contributed by atoms with Gasteiger partial charge in [-0.1, -0.05) is 52.1 Å². The molecule has 1 fully saturated rings. The molecular formula is C37H37Cl3FN9O. The number of pyridine rings is 1. The Morgan fingerprint density at radius 3 is 2.51 bits per heavy atom. The Labute approximate surface area is 311 Å². The van der Waals surface area contributed by atoms with Gasteiger partial charge in [-0.05, 0) is 75.6 Å². The quantitative estimate of drug-likeness (QED) is 0.151. The third-order valence-corrected chi connectivity index (χ3v) is 10.1. The molecule has 0 unspecified atom stereocenters. The summed E-state index contributed by atoms with van der Waals surface area (Å²) >= 11 is 18.8. The number of hydrogen-bond acceptors (Lipinski definition) is 8. The average Bonchev–Trinajstić information content (AvgIpc) is 3.60. The second-order valence-electron chi connectivity index (χ2n) is 13.8. The standard InChI is InChI=1S/C37H37Cl3FN9O/c1-37(2,3)49-13-11-25(12-14-49)50-20-30(46-47-50)34(21-7-6-8-22(15-21)36(51)48(4)5)45-29-17-24(38)16-26-33(23(18-42)19-43-35(26)29)44-28-10-9-27(39)31(40)32(28)41/h6-10,15-17,19-20,25,34,45H,11-14H2,1-5H3,(H,43,44)/t34-/m0/s1. The van der Waals surface area contributed by atoms with Gasteiger partial charge in [0.1, 0.15) is 11.8 Å². The molecule has 1 amide bonds. The summed E-state index contributed by atoms with van der Waals surface area (Å²) in [6.45, 7) is 8.59. The van der Waals surface area contributed by atoms with Crippen LogP contribution in [-0.4, -0.2) is 68.4 Å². The minimum atomic E-state index is -0.766. The molecule has 264 valence electrons. The summed E-state index contributed by atoms with van der Waals surface area (Å²) in [6, 6.07) is 15.3. The number of piperidine rings is 1. The Hall–Kier alpha value is -4.47. The highest BCUT2D eigenvalue weighted by atomic mass is 35.5. The predicted molar refractivity (Wildman–Crippen MR) is 201 cm³/mol. The van der Waals surface area contributed by atoms with Gasteiger partial charge in [0, 0.05) is 54.9 Å². The number of halogens is 4. The van der Waals surface area contributed by atoms with Crippen LogP contribution in [-0.2, 0) is 0 Å². The van der Waals surface area contributed by atoms with Crippen LogP contribution in [0.5, 0.6) is 0 Å². The number of nitrogens with zero attached hydrogens (tertiary/aromatic N) is 7. The van der Waals surface area contributed by atoms with E-state index < -0.39 is 11.9 Å². The van der Waals surface area contributed by atoms with E-state index in [1.54, 1.807) is 32.3 Å². The van der Waals surface area contributed by atoms with Crippen LogP contribution in [0, 0.1) is 17.1 Å². The highest BCUT2D eigenvalue weighted by Gasteiger charge is 2.29. The predicted octanol–water partition coefficient (Wildman–Crippen LogP) is 8.88. The largest absolute Gasteiger partial charge is 0.371 e. The van der Waals surface area contributed by atoms with E-state index in [0.717, 1.165) is 31.5 Å². The first-order valence-corrected chi connectivity index (χ1v) is 17.6.